The monoisotopic (exact) mass is 378 g/mol. The molecule has 2 aromatic carbocycles. The molecule has 2 heterocycles. The van der Waals surface area contributed by atoms with Gasteiger partial charge in [-0.3, -0.25) is 14.3 Å². The van der Waals surface area contributed by atoms with E-state index in [1.54, 1.807) is 0 Å². The van der Waals surface area contributed by atoms with Crippen LogP contribution in [0.25, 0.3) is 21.3 Å². The highest BCUT2D eigenvalue weighted by Crippen LogP contribution is 2.31. The van der Waals surface area contributed by atoms with Crippen LogP contribution < -0.4 is 11.2 Å². The van der Waals surface area contributed by atoms with Gasteiger partial charge in [-0.05, 0) is 18.1 Å². The fourth-order valence-corrected chi connectivity index (χ4v) is 3.97. The third-order valence-corrected chi connectivity index (χ3v) is 5.37. The Morgan fingerprint density at radius 2 is 1.78 bits per heavy atom. The Bertz CT molecular complexity index is 1190. The van der Waals surface area contributed by atoms with E-state index < -0.39 is 5.69 Å². The van der Waals surface area contributed by atoms with Gasteiger partial charge in [-0.25, -0.2) is 4.79 Å². The maximum atomic E-state index is 12.5. The SMILES string of the molecule is Cc1ccc(-c2csc3c(=O)[nH]c(=O)n(COCc4ccccc4)c23)cc1. The number of aromatic amines is 1. The molecule has 6 heteroatoms. The Kier molecular flexibility index (Phi) is 4.75. The van der Waals surface area contributed by atoms with Gasteiger partial charge in [-0.2, -0.15) is 0 Å². The number of thiophene rings is 1. The minimum atomic E-state index is -0.465. The van der Waals surface area contributed by atoms with E-state index in [0.717, 1.165) is 22.3 Å². The summed E-state index contributed by atoms with van der Waals surface area (Å²) in [6, 6.07) is 17.8. The van der Waals surface area contributed by atoms with Crippen LogP contribution in [0.3, 0.4) is 0 Å². The molecule has 0 unspecified atom stereocenters. The quantitative estimate of drug-likeness (QED) is 0.573. The van der Waals surface area contributed by atoms with Crippen molar-refractivity contribution in [2.24, 2.45) is 0 Å². The Hall–Kier alpha value is -2.96. The normalized spacial score (nSPS) is 11.1. The van der Waals surface area contributed by atoms with Gasteiger partial charge in [-0.15, -0.1) is 11.3 Å². The van der Waals surface area contributed by atoms with Crippen molar-refractivity contribution in [2.75, 3.05) is 0 Å². The first-order chi connectivity index (χ1) is 13.1. The highest BCUT2D eigenvalue weighted by molar-refractivity contribution is 7.17. The molecule has 0 aliphatic carbocycles. The highest BCUT2D eigenvalue weighted by atomic mass is 32.1. The smallest absolute Gasteiger partial charge is 0.330 e. The van der Waals surface area contributed by atoms with Crippen molar-refractivity contribution in [3.8, 4) is 11.1 Å². The number of ether oxygens (including phenoxy) is 1. The molecule has 0 saturated heterocycles. The summed E-state index contributed by atoms with van der Waals surface area (Å²) < 4.78 is 7.77. The van der Waals surface area contributed by atoms with Crippen LogP contribution in [0.2, 0.25) is 0 Å². The first kappa shape index (κ1) is 17.5. The molecule has 1 N–H and O–H groups in total. The third kappa shape index (κ3) is 3.49. The maximum Gasteiger partial charge on any atom is 0.330 e. The molecule has 0 radical (unpaired) electrons. The molecule has 4 rings (SSSR count). The highest BCUT2D eigenvalue weighted by Gasteiger charge is 2.15. The molecule has 136 valence electrons. The fourth-order valence-electron chi connectivity index (χ4n) is 2.99. The van der Waals surface area contributed by atoms with Gasteiger partial charge < -0.3 is 4.74 Å². The van der Waals surface area contributed by atoms with Crippen LogP contribution in [0, 0.1) is 6.92 Å². The van der Waals surface area contributed by atoms with Gasteiger partial charge in [0.1, 0.15) is 11.4 Å². The van der Waals surface area contributed by atoms with Crippen LogP contribution in [-0.2, 0) is 18.1 Å². The lowest BCUT2D eigenvalue weighted by molar-refractivity contribution is 0.0638. The average molecular weight is 378 g/mol. The zero-order chi connectivity index (χ0) is 18.8. The van der Waals surface area contributed by atoms with E-state index in [9.17, 15) is 9.59 Å². The number of benzene rings is 2. The number of fused-ring (bicyclic) bond motifs is 1. The number of nitrogens with zero attached hydrogens (tertiary/aromatic N) is 1. The van der Waals surface area contributed by atoms with E-state index in [0.29, 0.717) is 16.8 Å². The third-order valence-electron chi connectivity index (χ3n) is 4.40. The molecule has 0 spiro atoms. The number of hydrogen-bond acceptors (Lipinski definition) is 4. The van der Waals surface area contributed by atoms with Crippen LogP contribution in [-0.4, -0.2) is 9.55 Å². The number of rotatable bonds is 5. The molecular formula is C21H18N2O3S. The summed E-state index contributed by atoms with van der Waals surface area (Å²) in [5.41, 5.74) is 3.79. The molecule has 4 aromatic rings. The number of aryl methyl sites for hydroxylation is 1. The number of aromatic nitrogens is 2. The van der Waals surface area contributed by atoms with Crippen molar-refractivity contribution in [2.45, 2.75) is 20.3 Å². The molecule has 0 aliphatic rings. The van der Waals surface area contributed by atoms with Gasteiger partial charge in [0.2, 0.25) is 0 Å². The lowest BCUT2D eigenvalue weighted by Gasteiger charge is -2.10. The molecule has 0 atom stereocenters. The van der Waals surface area contributed by atoms with Crippen molar-refractivity contribution in [3.63, 3.8) is 0 Å². The van der Waals surface area contributed by atoms with E-state index in [4.69, 9.17) is 4.74 Å². The molecule has 0 fully saturated rings. The average Bonchev–Trinajstić information content (AvgIpc) is 3.11. The van der Waals surface area contributed by atoms with Crippen LogP contribution >= 0.6 is 11.3 Å². The van der Waals surface area contributed by atoms with E-state index in [-0.39, 0.29) is 12.3 Å². The number of hydrogen-bond donors (Lipinski definition) is 1. The molecule has 0 saturated carbocycles. The summed E-state index contributed by atoms with van der Waals surface area (Å²) in [4.78, 5) is 27.1. The van der Waals surface area contributed by atoms with E-state index in [1.165, 1.54) is 15.9 Å². The molecule has 0 amide bonds. The van der Waals surface area contributed by atoms with Crippen LogP contribution in [0.15, 0.2) is 69.6 Å². The number of nitrogens with one attached hydrogen (secondary N) is 1. The summed E-state index contributed by atoms with van der Waals surface area (Å²) in [5, 5.41) is 1.91. The van der Waals surface area contributed by atoms with Crippen LogP contribution in [0.5, 0.6) is 0 Å². The molecule has 5 nitrogen and oxygen atoms in total. The predicted molar refractivity (Wildman–Crippen MR) is 108 cm³/mol. The summed E-state index contributed by atoms with van der Waals surface area (Å²) in [6.45, 7) is 2.47. The molecule has 0 aliphatic heterocycles. The number of H-pyrrole nitrogens is 1. The van der Waals surface area contributed by atoms with Crippen molar-refractivity contribution in [1.82, 2.24) is 9.55 Å². The first-order valence-corrected chi connectivity index (χ1v) is 9.44. The first-order valence-electron chi connectivity index (χ1n) is 8.56. The Labute approximate surface area is 159 Å². The van der Waals surface area contributed by atoms with Crippen LogP contribution in [0.1, 0.15) is 11.1 Å². The zero-order valence-corrected chi connectivity index (χ0v) is 15.6. The topological polar surface area (TPSA) is 64.1 Å². The Morgan fingerprint density at radius 3 is 2.52 bits per heavy atom. The van der Waals surface area contributed by atoms with Gasteiger partial charge in [0.25, 0.3) is 5.56 Å². The second-order valence-corrected chi connectivity index (χ2v) is 7.22. The fraction of sp³-hybridized carbons (Fsp3) is 0.143. The van der Waals surface area contributed by atoms with E-state index >= 15 is 0 Å². The summed E-state index contributed by atoms with van der Waals surface area (Å²) in [7, 11) is 0. The van der Waals surface area contributed by atoms with Gasteiger partial charge in [0.05, 0.1) is 12.1 Å². The van der Waals surface area contributed by atoms with Crippen molar-refractivity contribution in [3.05, 3.63) is 91.9 Å². The largest absolute Gasteiger partial charge is 0.356 e. The molecule has 0 bridgehead atoms. The summed E-state index contributed by atoms with van der Waals surface area (Å²) >= 11 is 1.33. The minimum absolute atomic E-state index is 0.0661. The van der Waals surface area contributed by atoms with E-state index in [1.807, 2.05) is 66.9 Å². The lowest BCUT2D eigenvalue weighted by Crippen LogP contribution is -2.30. The van der Waals surface area contributed by atoms with Crippen molar-refractivity contribution in [1.29, 1.82) is 0 Å². The summed E-state index contributed by atoms with van der Waals surface area (Å²) in [5.74, 6) is 0. The molecular weight excluding hydrogens is 360 g/mol. The molecule has 27 heavy (non-hydrogen) atoms. The van der Waals surface area contributed by atoms with Crippen molar-refractivity contribution >= 4 is 21.6 Å². The Morgan fingerprint density at radius 1 is 1.04 bits per heavy atom. The molecule has 2 aromatic heterocycles. The van der Waals surface area contributed by atoms with Crippen LogP contribution in [0.4, 0.5) is 0 Å². The van der Waals surface area contributed by atoms with Gasteiger partial charge in [0.15, 0.2) is 0 Å². The van der Waals surface area contributed by atoms with Gasteiger partial charge in [-0.1, -0.05) is 60.2 Å². The van der Waals surface area contributed by atoms with Gasteiger partial charge >= 0.3 is 5.69 Å². The standard InChI is InChI=1S/C21H18N2O3S/c1-14-7-9-16(10-8-14)17-12-27-19-18(17)23(21(25)22-20(19)24)13-26-11-15-5-3-2-4-6-15/h2-10,12H,11,13H2,1H3,(H,22,24,25). The second-order valence-electron chi connectivity index (χ2n) is 6.34. The summed E-state index contributed by atoms with van der Waals surface area (Å²) in [6.07, 6.45) is 0. The maximum absolute atomic E-state index is 12.5. The van der Waals surface area contributed by atoms with Crippen molar-refractivity contribution < 1.29 is 4.74 Å². The minimum Gasteiger partial charge on any atom is -0.356 e. The van der Waals surface area contributed by atoms with Gasteiger partial charge in [0, 0.05) is 10.9 Å². The zero-order valence-electron chi connectivity index (χ0n) is 14.8. The Balaban J connectivity index is 1.75. The predicted octanol–water partition coefficient (Wildman–Crippen LogP) is 3.90. The second kappa shape index (κ2) is 7.34. The lowest BCUT2D eigenvalue weighted by atomic mass is 10.1. The van der Waals surface area contributed by atoms with E-state index in [2.05, 4.69) is 4.98 Å².